The average molecular weight is 448 g/mol. The summed E-state index contributed by atoms with van der Waals surface area (Å²) in [4.78, 5) is 31.3. The number of carbonyl (C=O) groups excluding carboxylic acids is 2. The van der Waals surface area contributed by atoms with Crippen LogP contribution in [0.3, 0.4) is 0 Å². The largest absolute Gasteiger partial charge is 0.370 e. The minimum absolute atomic E-state index is 0.0120. The summed E-state index contributed by atoms with van der Waals surface area (Å²) >= 11 is 0. The smallest absolute Gasteiger partial charge is 0.246 e. The van der Waals surface area contributed by atoms with Gasteiger partial charge in [-0.05, 0) is 49.4 Å². The number of nitrogens with one attached hydrogen (secondary N) is 1. The number of fused-ring (bicyclic) bond motifs is 2. The van der Waals surface area contributed by atoms with Crippen LogP contribution in [0, 0.1) is 0 Å². The second-order valence-corrected chi connectivity index (χ2v) is 9.28. The van der Waals surface area contributed by atoms with Gasteiger partial charge in [-0.2, -0.15) is 0 Å². The van der Waals surface area contributed by atoms with Crippen molar-refractivity contribution in [3.63, 3.8) is 0 Å². The molecule has 0 saturated carbocycles. The number of hydrogen-bond donors (Lipinski definition) is 1. The number of hydrogen-bond acceptors (Lipinski definition) is 4. The minimum Gasteiger partial charge on any atom is -0.370 e. The van der Waals surface area contributed by atoms with Gasteiger partial charge in [0.15, 0.2) is 0 Å². The number of benzene rings is 1. The van der Waals surface area contributed by atoms with Gasteiger partial charge in [0.05, 0.1) is 18.8 Å². The third-order valence-electron chi connectivity index (χ3n) is 6.85. The highest BCUT2D eigenvalue weighted by molar-refractivity contribution is 5.88. The van der Waals surface area contributed by atoms with E-state index in [1.165, 1.54) is 5.56 Å². The van der Waals surface area contributed by atoms with Gasteiger partial charge in [0.1, 0.15) is 0 Å². The number of likely N-dealkylation sites (tertiary alicyclic amines) is 1. The lowest BCUT2D eigenvalue weighted by molar-refractivity contribution is -0.129. The fourth-order valence-corrected chi connectivity index (χ4v) is 5.23. The fraction of sp³-hybridized carbons (Fsp3) is 0.444. The summed E-state index contributed by atoms with van der Waals surface area (Å²) in [5.41, 5.74) is 4.11. The van der Waals surface area contributed by atoms with Crippen LogP contribution in [0.5, 0.6) is 0 Å². The lowest BCUT2D eigenvalue weighted by Gasteiger charge is -2.44. The summed E-state index contributed by atoms with van der Waals surface area (Å²) in [5.74, 6) is 0.0813. The van der Waals surface area contributed by atoms with Crippen LogP contribution < -0.4 is 5.32 Å². The zero-order valence-corrected chi connectivity index (χ0v) is 19.7. The molecule has 4 rings (SSSR count). The van der Waals surface area contributed by atoms with Crippen molar-refractivity contribution in [2.75, 3.05) is 13.1 Å². The van der Waals surface area contributed by atoms with E-state index < -0.39 is 0 Å². The molecule has 6 heteroatoms. The second-order valence-electron chi connectivity index (χ2n) is 9.28. The van der Waals surface area contributed by atoms with Gasteiger partial charge in [0.25, 0.3) is 0 Å². The molecule has 33 heavy (non-hydrogen) atoms. The van der Waals surface area contributed by atoms with Crippen LogP contribution in [-0.4, -0.2) is 40.9 Å². The number of ether oxygens (including phenoxy) is 1. The third-order valence-corrected chi connectivity index (χ3v) is 6.85. The number of amides is 2. The summed E-state index contributed by atoms with van der Waals surface area (Å²) in [6.07, 6.45) is 7.07. The first-order valence-electron chi connectivity index (χ1n) is 11.8. The molecular weight excluding hydrogens is 414 g/mol. The zero-order valence-electron chi connectivity index (χ0n) is 19.7. The first kappa shape index (κ1) is 23.2. The molecule has 2 aromatic rings. The summed E-state index contributed by atoms with van der Waals surface area (Å²) in [7, 11) is 0. The van der Waals surface area contributed by atoms with Gasteiger partial charge >= 0.3 is 0 Å². The van der Waals surface area contributed by atoms with E-state index in [1.807, 2.05) is 50.1 Å². The molecule has 1 fully saturated rings. The Morgan fingerprint density at radius 3 is 2.61 bits per heavy atom. The zero-order chi connectivity index (χ0) is 23.4. The van der Waals surface area contributed by atoms with Crippen LogP contribution in [0.25, 0.3) is 0 Å². The monoisotopic (exact) mass is 447 g/mol. The molecule has 2 atom stereocenters. The first-order valence-corrected chi connectivity index (χ1v) is 11.8. The van der Waals surface area contributed by atoms with Crippen molar-refractivity contribution < 1.29 is 14.3 Å². The van der Waals surface area contributed by atoms with Crippen molar-refractivity contribution in [3.8, 4) is 0 Å². The van der Waals surface area contributed by atoms with E-state index in [0.29, 0.717) is 26.1 Å². The van der Waals surface area contributed by atoms with Crippen LogP contribution in [-0.2, 0) is 26.3 Å². The molecule has 1 spiro atoms. The van der Waals surface area contributed by atoms with E-state index in [2.05, 4.69) is 28.5 Å². The van der Waals surface area contributed by atoms with Crippen LogP contribution >= 0.6 is 0 Å². The Balaban J connectivity index is 1.66. The van der Waals surface area contributed by atoms with Crippen molar-refractivity contribution in [3.05, 3.63) is 77.1 Å². The highest BCUT2D eigenvalue weighted by atomic mass is 16.5. The number of nitrogens with zero attached hydrogens (tertiary/aromatic N) is 2. The normalized spacial score (nSPS) is 20.9. The highest BCUT2D eigenvalue weighted by Gasteiger charge is 2.54. The third kappa shape index (κ3) is 4.71. The lowest BCUT2D eigenvalue weighted by atomic mass is 9.71. The predicted molar refractivity (Wildman–Crippen MR) is 127 cm³/mol. The standard InChI is InChI=1S/C27H33N3O3/c1-4-23(31)29-25-21-9-5-6-10-22(21)27(26(25)33-18-20-8-7-13-28-17-20)11-14-30(15-12-27)24(32)16-19(2)3/h5-10,13,16-17,25-26H,4,11-12,14-15,18H2,1-3H3,(H,29,31)/t25-,26+/m1/s1. The van der Waals surface area contributed by atoms with E-state index in [1.54, 1.807) is 12.3 Å². The van der Waals surface area contributed by atoms with Crippen molar-refractivity contribution in [1.29, 1.82) is 0 Å². The van der Waals surface area contributed by atoms with Gasteiger partial charge in [-0.3, -0.25) is 14.6 Å². The number of pyridine rings is 1. The van der Waals surface area contributed by atoms with E-state index in [-0.39, 0.29) is 29.4 Å². The molecule has 174 valence electrons. The maximum Gasteiger partial charge on any atom is 0.246 e. The maximum absolute atomic E-state index is 12.7. The van der Waals surface area contributed by atoms with Crippen LogP contribution in [0.2, 0.25) is 0 Å². The molecule has 0 bridgehead atoms. The summed E-state index contributed by atoms with van der Waals surface area (Å²) in [6.45, 7) is 7.51. The maximum atomic E-state index is 12.7. The van der Waals surface area contributed by atoms with E-state index >= 15 is 0 Å². The van der Waals surface area contributed by atoms with Crippen LogP contribution in [0.1, 0.15) is 62.8 Å². The molecule has 1 aromatic heterocycles. The molecule has 2 aliphatic rings. The highest BCUT2D eigenvalue weighted by Crippen LogP contribution is 2.52. The minimum atomic E-state index is -0.258. The van der Waals surface area contributed by atoms with Crippen molar-refractivity contribution in [1.82, 2.24) is 15.2 Å². The van der Waals surface area contributed by atoms with Gasteiger partial charge < -0.3 is 15.0 Å². The molecule has 1 aliphatic heterocycles. The Bertz CT molecular complexity index is 1020. The molecule has 1 aliphatic carbocycles. The van der Waals surface area contributed by atoms with E-state index in [4.69, 9.17) is 4.74 Å². The number of aromatic nitrogens is 1. The SMILES string of the molecule is CCC(=O)N[C@@H]1c2ccccc2C2(CCN(C(=O)C=C(C)C)CC2)[C@H]1OCc1cccnc1. The summed E-state index contributed by atoms with van der Waals surface area (Å²) in [6, 6.07) is 12.0. The summed E-state index contributed by atoms with van der Waals surface area (Å²) in [5, 5.41) is 3.23. The number of allylic oxidation sites excluding steroid dienone is 1. The Kier molecular flexibility index (Phi) is 6.94. The Hall–Kier alpha value is -2.99. The molecule has 1 saturated heterocycles. The average Bonchev–Trinajstić information content (AvgIpc) is 3.07. The van der Waals surface area contributed by atoms with Gasteiger partial charge in [0, 0.05) is 43.4 Å². The molecule has 1 N–H and O–H groups in total. The van der Waals surface area contributed by atoms with Gasteiger partial charge in [-0.25, -0.2) is 0 Å². The van der Waals surface area contributed by atoms with Crippen molar-refractivity contribution in [2.24, 2.45) is 0 Å². The summed E-state index contributed by atoms with van der Waals surface area (Å²) < 4.78 is 6.61. The molecule has 2 heterocycles. The molecule has 0 radical (unpaired) electrons. The first-order chi connectivity index (χ1) is 15.9. The quantitative estimate of drug-likeness (QED) is 0.678. The van der Waals surface area contributed by atoms with Crippen molar-refractivity contribution in [2.45, 2.75) is 64.2 Å². The number of carbonyl (C=O) groups is 2. The molecule has 1 aromatic carbocycles. The second kappa shape index (κ2) is 9.87. The lowest BCUT2D eigenvalue weighted by Crippen LogP contribution is -2.51. The van der Waals surface area contributed by atoms with Gasteiger partial charge in [0.2, 0.25) is 11.8 Å². The molecule has 2 amide bonds. The molecular formula is C27H33N3O3. The van der Waals surface area contributed by atoms with Gasteiger partial charge in [-0.1, -0.05) is 42.8 Å². The van der Waals surface area contributed by atoms with Crippen LogP contribution in [0.15, 0.2) is 60.4 Å². The molecule has 6 nitrogen and oxygen atoms in total. The van der Waals surface area contributed by atoms with E-state index in [0.717, 1.165) is 29.5 Å². The molecule has 0 unspecified atom stereocenters. The Labute approximate surface area is 196 Å². The predicted octanol–water partition coefficient (Wildman–Crippen LogP) is 4.07. The number of piperidine rings is 1. The van der Waals surface area contributed by atoms with Crippen molar-refractivity contribution >= 4 is 11.8 Å². The van der Waals surface area contributed by atoms with E-state index in [9.17, 15) is 9.59 Å². The topological polar surface area (TPSA) is 71.5 Å². The van der Waals surface area contributed by atoms with Gasteiger partial charge in [-0.15, -0.1) is 0 Å². The fourth-order valence-electron chi connectivity index (χ4n) is 5.23. The Morgan fingerprint density at radius 1 is 1.18 bits per heavy atom. The number of rotatable bonds is 6. The van der Waals surface area contributed by atoms with Crippen LogP contribution in [0.4, 0.5) is 0 Å². The Morgan fingerprint density at radius 2 is 1.94 bits per heavy atom.